The first-order valence-electron chi connectivity index (χ1n) is 13.8. The van der Waals surface area contributed by atoms with E-state index in [4.69, 9.17) is 26.0 Å². The molecule has 0 radical (unpaired) electrons. The summed E-state index contributed by atoms with van der Waals surface area (Å²) in [5.74, 6) is 1.49. The zero-order chi connectivity index (χ0) is 28.0. The lowest BCUT2D eigenvalue weighted by molar-refractivity contribution is 0.667. The highest BCUT2D eigenvalue weighted by Gasteiger charge is 2.24. The van der Waals surface area contributed by atoms with Gasteiger partial charge in [0.05, 0.1) is 11.2 Å². The quantitative estimate of drug-likeness (QED) is 0.233. The summed E-state index contributed by atoms with van der Waals surface area (Å²) in [5.41, 5.74) is 6.58. The van der Waals surface area contributed by atoms with E-state index in [2.05, 4.69) is 64.9 Å². The van der Waals surface area contributed by atoms with Crippen LogP contribution < -0.4 is 5.32 Å². The molecule has 1 N–H and O–H groups in total. The van der Waals surface area contributed by atoms with Gasteiger partial charge >= 0.3 is 0 Å². The highest BCUT2D eigenvalue weighted by Crippen LogP contribution is 2.43. The molecule has 1 unspecified atom stereocenters. The fourth-order valence-electron chi connectivity index (χ4n) is 5.79. The second-order valence-corrected chi connectivity index (χ2v) is 10.6. The summed E-state index contributed by atoms with van der Waals surface area (Å²) in [5, 5.41) is 8.39. The number of benzene rings is 5. The fourth-order valence-corrected chi connectivity index (χ4v) is 5.99. The van der Waals surface area contributed by atoms with Crippen LogP contribution in [0.1, 0.15) is 22.9 Å². The van der Waals surface area contributed by atoms with E-state index in [1.54, 1.807) is 12.4 Å². The van der Waals surface area contributed by atoms with Crippen LogP contribution in [-0.2, 0) is 0 Å². The molecule has 1 aliphatic rings. The van der Waals surface area contributed by atoms with E-state index in [1.165, 1.54) is 0 Å². The van der Waals surface area contributed by atoms with Crippen molar-refractivity contribution in [2.75, 3.05) is 0 Å². The number of aromatic nitrogens is 1. The number of hydrogen-bond donors (Lipinski definition) is 1. The Labute approximate surface area is 246 Å². The van der Waals surface area contributed by atoms with E-state index in [0.29, 0.717) is 22.0 Å². The Kier molecular flexibility index (Phi) is 5.83. The van der Waals surface area contributed by atoms with Crippen molar-refractivity contribution in [2.24, 2.45) is 9.98 Å². The van der Waals surface area contributed by atoms with Gasteiger partial charge in [-0.1, -0.05) is 115 Å². The Hall–Kier alpha value is -5.26. The van der Waals surface area contributed by atoms with Crippen molar-refractivity contribution in [3.8, 4) is 11.1 Å². The monoisotopic (exact) mass is 562 g/mol. The second kappa shape index (κ2) is 9.98. The van der Waals surface area contributed by atoms with Crippen molar-refractivity contribution in [2.45, 2.75) is 6.17 Å². The largest absolute Gasteiger partial charge is 0.453 e. The van der Waals surface area contributed by atoms with E-state index >= 15 is 0 Å². The average molecular weight is 563 g/mol. The molecule has 42 heavy (non-hydrogen) atoms. The minimum atomic E-state index is -0.335. The van der Waals surface area contributed by atoms with Crippen molar-refractivity contribution in [1.82, 2.24) is 10.3 Å². The van der Waals surface area contributed by atoms with E-state index in [0.717, 1.165) is 55.2 Å². The summed E-state index contributed by atoms with van der Waals surface area (Å²) in [6.45, 7) is 0. The molecule has 200 valence electrons. The number of halogens is 1. The van der Waals surface area contributed by atoms with Crippen LogP contribution in [0.3, 0.4) is 0 Å². The van der Waals surface area contributed by atoms with Crippen molar-refractivity contribution in [3.63, 3.8) is 0 Å². The Bertz CT molecular complexity index is 2190. The lowest BCUT2D eigenvalue weighted by Gasteiger charge is -2.25. The molecule has 2 aromatic heterocycles. The van der Waals surface area contributed by atoms with E-state index in [-0.39, 0.29) is 6.17 Å². The van der Waals surface area contributed by atoms with Crippen molar-refractivity contribution in [3.05, 3.63) is 149 Å². The van der Waals surface area contributed by atoms with E-state index in [1.807, 2.05) is 60.7 Å². The Morgan fingerprint density at radius 1 is 0.667 bits per heavy atom. The predicted octanol–water partition coefficient (Wildman–Crippen LogP) is 8.95. The maximum Gasteiger partial charge on any atom is 0.159 e. The lowest BCUT2D eigenvalue weighted by Crippen LogP contribution is -2.33. The summed E-state index contributed by atoms with van der Waals surface area (Å²) in [7, 11) is 0. The number of nitrogens with zero attached hydrogens (tertiary/aromatic N) is 3. The standard InChI is InChI=1S/C36H23ClN4O/c37-30-18-17-27(32-29-19-20-38-21-31(29)42-33(30)32)26-15-16-28(25-14-8-7-13-24(25)26)36-40-34(22-9-3-1-4-10-22)39-35(41-36)23-11-5-2-6-12-23/h1-21,36H,(H,39,40,41). The van der Waals surface area contributed by atoms with Gasteiger partial charge in [0.15, 0.2) is 17.0 Å². The van der Waals surface area contributed by atoms with Gasteiger partial charge in [-0.2, -0.15) is 0 Å². The third-order valence-electron chi connectivity index (χ3n) is 7.74. The molecule has 0 saturated heterocycles. The maximum absolute atomic E-state index is 6.61. The third kappa shape index (κ3) is 4.06. The average Bonchev–Trinajstić information content (AvgIpc) is 3.46. The molecule has 6 heteroatoms. The van der Waals surface area contributed by atoms with E-state index < -0.39 is 0 Å². The number of furan rings is 1. The molecule has 1 aliphatic heterocycles. The van der Waals surface area contributed by atoms with Crippen LogP contribution in [0.25, 0.3) is 43.8 Å². The summed E-state index contributed by atoms with van der Waals surface area (Å²) in [4.78, 5) is 14.3. The first-order chi connectivity index (χ1) is 20.7. The van der Waals surface area contributed by atoms with Crippen molar-refractivity contribution < 1.29 is 4.42 Å². The minimum Gasteiger partial charge on any atom is -0.453 e. The highest BCUT2D eigenvalue weighted by molar-refractivity contribution is 6.36. The first kappa shape index (κ1) is 24.5. The molecule has 0 amide bonds. The molecule has 0 fully saturated rings. The predicted molar refractivity (Wildman–Crippen MR) is 171 cm³/mol. The summed E-state index contributed by atoms with van der Waals surface area (Å²) >= 11 is 6.61. The maximum atomic E-state index is 6.61. The normalized spacial score (nSPS) is 15.0. The van der Waals surface area contributed by atoms with E-state index in [9.17, 15) is 0 Å². The number of aliphatic imine (C=N–C) groups is 2. The molecule has 5 aromatic carbocycles. The molecule has 8 rings (SSSR count). The van der Waals surface area contributed by atoms with Crippen LogP contribution >= 0.6 is 11.6 Å². The minimum absolute atomic E-state index is 0.335. The zero-order valence-corrected chi connectivity index (χ0v) is 23.1. The number of hydrogen-bond acceptors (Lipinski definition) is 5. The van der Waals surface area contributed by atoms with Gasteiger partial charge in [-0.15, -0.1) is 0 Å². The van der Waals surface area contributed by atoms with Gasteiger partial charge in [-0.3, -0.25) is 4.98 Å². The number of pyridine rings is 1. The van der Waals surface area contributed by atoms with Gasteiger partial charge in [-0.05, 0) is 34.0 Å². The zero-order valence-electron chi connectivity index (χ0n) is 22.3. The molecule has 0 saturated carbocycles. The first-order valence-corrected chi connectivity index (χ1v) is 14.1. The topological polar surface area (TPSA) is 62.8 Å². The molecule has 1 atom stereocenters. The highest BCUT2D eigenvalue weighted by atomic mass is 35.5. The van der Waals surface area contributed by atoms with Crippen LogP contribution in [0.15, 0.2) is 142 Å². The van der Waals surface area contributed by atoms with Gasteiger partial charge in [0.25, 0.3) is 0 Å². The van der Waals surface area contributed by atoms with Crippen LogP contribution in [0.5, 0.6) is 0 Å². The summed E-state index contributed by atoms with van der Waals surface area (Å²) in [6.07, 6.45) is 3.18. The molecule has 0 aliphatic carbocycles. The number of nitrogens with one attached hydrogen (secondary N) is 1. The molecule has 0 spiro atoms. The number of rotatable bonds is 4. The molecular formula is C36H23ClN4O. The molecular weight excluding hydrogens is 540 g/mol. The van der Waals surface area contributed by atoms with Crippen molar-refractivity contribution >= 4 is 56.0 Å². The van der Waals surface area contributed by atoms with Crippen LogP contribution in [0.4, 0.5) is 0 Å². The second-order valence-electron chi connectivity index (χ2n) is 10.2. The molecule has 5 nitrogen and oxygen atoms in total. The molecule has 3 heterocycles. The number of fused-ring (bicyclic) bond motifs is 4. The van der Waals surface area contributed by atoms with Crippen molar-refractivity contribution in [1.29, 1.82) is 0 Å². The van der Waals surface area contributed by atoms with Gasteiger partial charge in [-0.25, -0.2) is 9.98 Å². The summed E-state index contributed by atoms with van der Waals surface area (Å²) < 4.78 is 6.15. The molecule has 0 bridgehead atoms. The van der Waals surface area contributed by atoms with Crippen LogP contribution in [0, 0.1) is 0 Å². The van der Waals surface area contributed by atoms with Gasteiger partial charge in [0, 0.05) is 33.7 Å². The lowest BCUT2D eigenvalue weighted by atomic mass is 9.91. The van der Waals surface area contributed by atoms with Gasteiger partial charge in [0.2, 0.25) is 0 Å². The van der Waals surface area contributed by atoms with Crippen LogP contribution in [0.2, 0.25) is 5.02 Å². The third-order valence-corrected chi connectivity index (χ3v) is 8.04. The molecule has 7 aromatic rings. The Morgan fingerprint density at radius 3 is 2.19 bits per heavy atom. The Balaban J connectivity index is 1.32. The smallest absolute Gasteiger partial charge is 0.159 e. The summed E-state index contributed by atoms with van der Waals surface area (Å²) in [6, 6.07) is 39.1. The SMILES string of the molecule is Clc1ccc(-c2ccc(C3N=C(c4ccccc4)N=C(c4ccccc4)N3)c3ccccc23)c2c1oc1cnccc12. The Morgan fingerprint density at radius 2 is 1.38 bits per heavy atom. The van der Waals surface area contributed by atoms with Gasteiger partial charge in [0.1, 0.15) is 12.0 Å². The van der Waals surface area contributed by atoms with Gasteiger partial charge < -0.3 is 9.73 Å². The fraction of sp³-hybridized carbons (Fsp3) is 0.0278. The van der Waals surface area contributed by atoms with Crippen LogP contribution in [-0.4, -0.2) is 16.7 Å². The number of amidine groups is 2.